The molecule has 0 aliphatic carbocycles. The van der Waals surface area contributed by atoms with E-state index in [2.05, 4.69) is 10.3 Å². The van der Waals surface area contributed by atoms with Gasteiger partial charge in [-0.2, -0.15) is 18.2 Å². The van der Waals surface area contributed by atoms with Crippen molar-refractivity contribution in [2.24, 2.45) is 0 Å². The average Bonchev–Trinajstić information content (AvgIpc) is 3.09. The summed E-state index contributed by atoms with van der Waals surface area (Å²) in [6, 6.07) is 13.8. The standard InChI is InChI=1S/C18H13F3N2O2S/c19-18(20,21)13-6-4-5-12(9-13)10-22-16(24)15-11-26-17(23-15)25-14-7-2-1-3-8-14/h1-9,11H,10H2,(H,22,24). The number of carbonyl (C=O) groups is 1. The Morgan fingerprint density at radius 2 is 1.88 bits per heavy atom. The van der Waals surface area contributed by atoms with Gasteiger partial charge in [0.1, 0.15) is 11.4 Å². The minimum absolute atomic E-state index is 0.0326. The second-order valence-electron chi connectivity index (χ2n) is 5.29. The van der Waals surface area contributed by atoms with Crippen LogP contribution in [-0.4, -0.2) is 10.9 Å². The largest absolute Gasteiger partial charge is 0.431 e. The van der Waals surface area contributed by atoms with Gasteiger partial charge in [0.05, 0.1) is 5.56 Å². The maximum absolute atomic E-state index is 12.7. The summed E-state index contributed by atoms with van der Waals surface area (Å²) in [6.07, 6.45) is -4.42. The number of ether oxygens (including phenoxy) is 1. The van der Waals surface area contributed by atoms with E-state index in [0.29, 0.717) is 16.5 Å². The number of hydrogen-bond acceptors (Lipinski definition) is 4. The maximum atomic E-state index is 12.7. The van der Waals surface area contributed by atoms with Crippen LogP contribution in [0.5, 0.6) is 10.9 Å². The third kappa shape index (κ3) is 4.60. The monoisotopic (exact) mass is 378 g/mol. The predicted molar refractivity (Wildman–Crippen MR) is 91.2 cm³/mol. The lowest BCUT2D eigenvalue weighted by molar-refractivity contribution is -0.137. The van der Waals surface area contributed by atoms with E-state index in [-0.39, 0.29) is 12.2 Å². The third-order valence-electron chi connectivity index (χ3n) is 3.37. The Bertz CT molecular complexity index is 895. The van der Waals surface area contributed by atoms with E-state index in [1.54, 1.807) is 12.1 Å². The van der Waals surface area contributed by atoms with Gasteiger partial charge in [0.25, 0.3) is 11.1 Å². The zero-order chi connectivity index (χ0) is 18.6. The SMILES string of the molecule is O=C(NCc1cccc(C(F)(F)F)c1)c1csc(Oc2ccccc2)n1. The minimum Gasteiger partial charge on any atom is -0.431 e. The number of halogens is 3. The van der Waals surface area contributed by atoms with E-state index in [4.69, 9.17) is 4.74 Å². The Kier molecular flexibility index (Phi) is 5.22. The molecule has 0 saturated carbocycles. The highest BCUT2D eigenvalue weighted by atomic mass is 32.1. The second kappa shape index (κ2) is 7.57. The van der Waals surface area contributed by atoms with Crippen LogP contribution in [0, 0.1) is 0 Å². The Morgan fingerprint density at radius 1 is 1.12 bits per heavy atom. The molecular weight excluding hydrogens is 365 g/mol. The summed E-state index contributed by atoms with van der Waals surface area (Å²) in [6.45, 7) is -0.0326. The van der Waals surface area contributed by atoms with Crippen molar-refractivity contribution in [2.75, 3.05) is 0 Å². The Labute approximate surface area is 151 Å². The van der Waals surface area contributed by atoms with Crippen LogP contribution in [-0.2, 0) is 12.7 Å². The molecular formula is C18H13F3N2O2S. The molecule has 134 valence electrons. The van der Waals surface area contributed by atoms with Crippen LogP contribution in [0.3, 0.4) is 0 Å². The normalized spacial score (nSPS) is 11.2. The number of para-hydroxylation sites is 1. The highest BCUT2D eigenvalue weighted by Crippen LogP contribution is 2.29. The molecule has 0 spiro atoms. The number of carbonyl (C=O) groups excluding carboxylic acids is 1. The molecule has 0 atom stereocenters. The fraction of sp³-hybridized carbons (Fsp3) is 0.111. The van der Waals surface area contributed by atoms with Crippen molar-refractivity contribution in [3.8, 4) is 10.9 Å². The Hall–Kier alpha value is -2.87. The molecule has 0 aliphatic heterocycles. The first kappa shape index (κ1) is 17.9. The van der Waals surface area contributed by atoms with Crippen molar-refractivity contribution in [3.05, 3.63) is 76.8 Å². The van der Waals surface area contributed by atoms with Gasteiger partial charge in [0, 0.05) is 11.9 Å². The van der Waals surface area contributed by atoms with Gasteiger partial charge in [0.15, 0.2) is 0 Å². The molecule has 1 heterocycles. The van der Waals surface area contributed by atoms with Gasteiger partial charge in [-0.15, -0.1) is 0 Å². The zero-order valence-corrected chi connectivity index (χ0v) is 14.1. The number of nitrogens with one attached hydrogen (secondary N) is 1. The number of nitrogens with zero attached hydrogens (tertiary/aromatic N) is 1. The molecule has 0 unspecified atom stereocenters. The van der Waals surface area contributed by atoms with Crippen molar-refractivity contribution in [1.29, 1.82) is 0 Å². The molecule has 0 saturated heterocycles. The number of hydrogen-bond donors (Lipinski definition) is 1. The molecule has 8 heteroatoms. The molecule has 0 fully saturated rings. The van der Waals surface area contributed by atoms with Crippen molar-refractivity contribution >= 4 is 17.2 Å². The summed E-state index contributed by atoms with van der Waals surface area (Å²) in [4.78, 5) is 16.2. The zero-order valence-electron chi connectivity index (χ0n) is 13.3. The fourth-order valence-electron chi connectivity index (χ4n) is 2.13. The van der Waals surface area contributed by atoms with Crippen molar-refractivity contribution in [2.45, 2.75) is 12.7 Å². The number of rotatable bonds is 5. The van der Waals surface area contributed by atoms with Crippen LogP contribution in [0.15, 0.2) is 60.0 Å². The van der Waals surface area contributed by atoms with E-state index in [9.17, 15) is 18.0 Å². The van der Waals surface area contributed by atoms with Crippen LogP contribution in [0.25, 0.3) is 0 Å². The second-order valence-corrected chi connectivity index (χ2v) is 6.12. The number of thiazole rings is 1. The lowest BCUT2D eigenvalue weighted by atomic mass is 10.1. The van der Waals surface area contributed by atoms with Gasteiger partial charge in [-0.25, -0.2) is 0 Å². The summed E-state index contributed by atoms with van der Waals surface area (Å²) in [5.74, 6) is 0.111. The van der Waals surface area contributed by atoms with Crippen LogP contribution in [0.2, 0.25) is 0 Å². The molecule has 3 aromatic rings. The predicted octanol–water partition coefficient (Wildman–Crippen LogP) is 4.88. The number of benzene rings is 2. The summed E-state index contributed by atoms with van der Waals surface area (Å²) < 4.78 is 43.6. The topological polar surface area (TPSA) is 51.2 Å². The third-order valence-corrected chi connectivity index (χ3v) is 4.09. The first-order valence-corrected chi connectivity index (χ1v) is 8.42. The van der Waals surface area contributed by atoms with E-state index < -0.39 is 17.6 Å². The molecule has 26 heavy (non-hydrogen) atoms. The lowest BCUT2D eigenvalue weighted by Crippen LogP contribution is -2.23. The summed E-state index contributed by atoms with van der Waals surface area (Å²) in [7, 11) is 0. The number of alkyl halides is 3. The molecule has 1 amide bonds. The maximum Gasteiger partial charge on any atom is 0.416 e. The van der Waals surface area contributed by atoms with Crippen LogP contribution < -0.4 is 10.1 Å². The van der Waals surface area contributed by atoms with E-state index in [1.165, 1.54) is 17.5 Å². The Balaban J connectivity index is 1.61. The van der Waals surface area contributed by atoms with Crippen molar-refractivity contribution in [1.82, 2.24) is 10.3 Å². The van der Waals surface area contributed by atoms with Gasteiger partial charge >= 0.3 is 6.18 Å². The molecule has 0 aliphatic rings. The van der Waals surface area contributed by atoms with Crippen LogP contribution in [0.4, 0.5) is 13.2 Å². The lowest BCUT2D eigenvalue weighted by Gasteiger charge is -2.09. The van der Waals surface area contributed by atoms with E-state index in [0.717, 1.165) is 23.5 Å². The Morgan fingerprint density at radius 3 is 2.62 bits per heavy atom. The molecule has 1 aromatic heterocycles. The van der Waals surface area contributed by atoms with Gasteiger partial charge in [-0.1, -0.05) is 41.7 Å². The molecule has 4 nitrogen and oxygen atoms in total. The quantitative estimate of drug-likeness (QED) is 0.688. The van der Waals surface area contributed by atoms with Gasteiger partial charge < -0.3 is 10.1 Å². The molecule has 2 aromatic carbocycles. The smallest absolute Gasteiger partial charge is 0.416 e. The van der Waals surface area contributed by atoms with Gasteiger partial charge in [-0.05, 0) is 29.8 Å². The molecule has 3 rings (SSSR count). The van der Waals surface area contributed by atoms with Gasteiger partial charge in [0.2, 0.25) is 0 Å². The highest BCUT2D eigenvalue weighted by Gasteiger charge is 2.30. The van der Waals surface area contributed by atoms with Crippen LogP contribution >= 0.6 is 11.3 Å². The number of aromatic nitrogens is 1. The molecule has 0 radical (unpaired) electrons. The van der Waals surface area contributed by atoms with Gasteiger partial charge in [-0.3, -0.25) is 4.79 Å². The fourth-order valence-corrected chi connectivity index (χ4v) is 2.80. The summed E-state index contributed by atoms with van der Waals surface area (Å²) >= 11 is 1.16. The van der Waals surface area contributed by atoms with Crippen molar-refractivity contribution < 1.29 is 22.7 Å². The molecule has 1 N–H and O–H groups in total. The molecule has 0 bridgehead atoms. The summed E-state index contributed by atoms with van der Waals surface area (Å²) in [5, 5.41) is 4.39. The summed E-state index contributed by atoms with van der Waals surface area (Å²) in [5.41, 5.74) is -0.256. The average molecular weight is 378 g/mol. The van der Waals surface area contributed by atoms with E-state index >= 15 is 0 Å². The first-order valence-electron chi connectivity index (χ1n) is 7.54. The first-order chi connectivity index (χ1) is 12.4. The van der Waals surface area contributed by atoms with Crippen LogP contribution in [0.1, 0.15) is 21.6 Å². The number of amides is 1. The van der Waals surface area contributed by atoms with E-state index in [1.807, 2.05) is 18.2 Å². The van der Waals surface area contributed by atoms with Crippen molar-refractivity contribution in [3.63, 3.8) is 0 Å². The highest BCUT2D eigenvalue weighted by molar-refractivity contribution is 7.11. The minimum atomic E-state index is -4.42.